The molecular weight excluding hydrogens is 150 g/mol. The first-order valence-electron chi connectivity index (χ1n) is 5.28. The molecule has 1 saturated carbocycles. The van der Waals surface area contributed by atoms with Gasteiger partial charge in [-0.25, -0.2) is 0 Å². The van der Waals surface area contributed by atoms with Gasteiger partial charge >= 0.3 is 0 Å². The Kier molecular flexibility index (Phi) is 3.01. The molecule has 2 fully saturated rings. The van der Waals surface area contributed by atoms with E-state index >= 15 is 0 Å². The number of hydrogen-bond donors (Lipinski definition) is 1. The van der Waals surface area contributed by atoms with E-state index in [1.54, 1.807) is 0 Å². The largest absolute Gasteiger partial charge is 0.379 e. The van der Waals surface area contributed by atoms with Crippen molar-refractivity contribution in [1.29, 1.82) is 0 Å². The lowest BCUT2D eigenvalue weighted by Crippen LogP contribution is -2.46. The minimum atomic E-state index is 0.666. The fourth-order valence-electron chi connectivity index (χ4n) is 2.43. The Hall–Kier alpha value is -0.0800. The molecule has 1 aliphatic carbocycles. The van der Waals surface area contributed by atoms with Gasteiger partial charge in [0.1, 0.15) is 0 Å². The van der Waals surface area contributed by atoms with Crippen LogP contribution in [0, 0.1) is 5.92 Å². The minimum Gasteiger partial charge on any atom is -0.379 e. The van der Waals surface area contributed by atoms with Gasteiger partial charge in [0, 0.05) is 12.6 Å². The van der Waals surface area contributed by atoms with Gasteiger partial charge in [0.25, 0.3) is 0 Å². The Bertz CT molecular complexity index is 110. The summed E-state index contributed by atoms with van der Waals surface area (Å²) in [6.07, 6.45) is 7.15. The molecule has 0 aromatic heterocycles. The van der Waals surface area contributed by atoms with Crippen LogP contribution in [-0.4, -0.2) is 25.8 Å². The van der Waals surface area contributed by atoms with Gasteiger partial charge in [0.15, 0.2) is 0 Å². The molecule has 0 spiro atoms. The topological polar surface area (TPSA) is 21.3 Å². The van der Waals surface area contributed by atoms with Crippen LogP contribution in [0.25, 0.3) is 0 Å². The Morgan fingerprint density at radius 1 is 1.08 bits per heavy atom. The number of nitrogens with one attached hydrogen (secondary N) is 1. The van der Waals surface area contributed by atoms with Crippen molar-refractivity contribution in [3.05, 3.63) is 0 Å². The second-order valence-corrected chi connectivity index (χ2v) is 4.03. The lowest BCUT2D eigenvalue weighted by Gasteiger charge is -2.33. The van der Waals surface area contributed by atoms with Crippen LogP contribution in [0.1, 0.15) is 32.1 Å². The van der Waals surface area contributed by atoms with Crippen LogP contribution >= 0.6 is 0 Å². The number of hydrogen-bond acceptors (Lipinski definition) is 2. The Morgan fingerprint density at radius 2 is 1.92 bits per heavy atom. The standard InChI is InChI=1S/C10H19NO/c1-2-4-9(5-3-1)10-8-12-7-6-11-10/h9-11H,1-8H2/t10-/m0/s1. The first kappa shape index (κ1) is 8.52. The van der Waals surface area contributed by atoms with Gasteiger partial charge < -0.3 is 10.1 Å². The molecule has 2 heteroatoms. The van der Waals surface area contributed by atoms with Crippen molar-refractivity contribution in [2.24, 2.45) is 5.92 Å². The molecule has 0 aromatic carbocycles. The predicted octanol–water partition coefficient (Wildman–Crippen LogP) is 1.56. The van der Waals surface area contributed by atoms with E-state index in [0.29, 0.717) is 6.04 Å². The van der Waals surface area contributed by atoms with Gasteiger partial charge in [0.05, 0.1) is 13.2 Å². The summed E-state index contributed by atoms with van der Waals surface area (Å²) in [5, 5.41) is 3.56. The summed E-state index contributed by atoms with van der Waals surface area (Å²) in [7, 11) is 0. The molecule has 0 aromatic rings. The zero-order valence-electron chi connectivity index (χ0n) is 7.72. The molecule has 70 valence electrons. The molecule has 1 heterocycles. The van der Waals surface area contributed by atoms with Gasteiger partial charge in [-0.15, -0.1) is 0 Å². The van der Waals surface area contributed by atoms with Crippen LogP contribution in [0.15, 0.2) is 0 Å². The summed E-state index contributed by atoms with van der Waals surface area (Å²) >= 11 is 0. The fourth-order valence-corrected chi connectivity index (χ4v) is 2.43. The third-order valence-corrected chi connectivity index (χ3v) is 3.17. The molecule has 0 bridgehead atoms. The van der Waals surface area contributed by atoms with Crippen LogP contribution in [-0.2, 0) is 4.74 Å². The Balaban J connectivity index is 1.80. The summed E-state index contributed by atoms with van der Waals surface area (Å²) < 4.78 is 5.47. The molecular formula is C10H19NO. The van der Waals surface area contributed by atoms with E-state index in [9.17, 15) is 0 Å². The van der Waals surface area contributed by atoms with Crippen molar-refractivity contribution in [2.45, 2.75) is 38.1 Å². The van der Waals surface area contributed by atoms with Crippen LogP contribution in [0.4, 0.5) is 0 Å². The SMILES string of the molecule is C1CCC([C@@H]2COCCN2)CC1. The third kappa shape index (κ3) is 1.99. The summed E-state index contributed by atoms with van der Waals surface area (Å²) in [4.78, 5) is 0. The maximum absolute atomic E-state index is 5.47. The quantitative estimate of drug-likeness (QED) is 0.643. The van der Waals surface area contributed by atoms with Gasteiger partial charge in [-0.2, -0.15) is 0 Å². The highest BCUT2D eigenvalue weighted by Crippen LogP contribution is 2.27. The third-order valence-electron chi connectivity index (χ3n) is 3.17. The van der Waals surface area contributed by atoms with Crippen LogP contribution in [0.3, 0.4) is 0 Å². The van der Waals surface area contributed by atoms with Gasteiger partial charge in [-0.1, -0.05) is 19.3 Å². The van der Waals surface area contributed by atoms with Crippen molar-refractivity contribution in [2.75, 3.05) is 19.8 Å². The molecule has 12 heavy (non-hydrogen) atoms. The van der Waals surface area contributed by atoms with Gasteiger partial charge in [-0.05, 0) is 18.8 Å². The molecule has 0 radical (unpaired) electrons. The van der Waals surface area contributed by atoms with E-state index in [0.717, 1.165) is 25.7 Å². The Labute approximate surface area is 74.7 Å². The normalized spacial score (nSPS) is 33.5. The van der Waals surface area contributed by atoms with E-state index in [4.69, 9.17) is 4.74 Å². The van der Waals surface area contributed by atoms with Crippen molar-refractivity contribution < 1.29 is 4.74 Å². The van der Waals surface area contributed by atoms with Crippen LogP contribution < -0.4 is 5.32 Å². The fraction of sp³-hybridized carbons (Fsp3) is 1.00. The Morgan fingerprint density at radius 3 is 2.58 bits per heavy atom. The van der Waals surface area contributed by atoms with E-state index < -0.39 is 0 Å². The summed E-state index contributed by atoms with van der Waals surface area (Å²) in [6, 6.07) is 0.666. The minimum absolute atomic E-state index is 0.666. The molecule has 1 atom stereocenters. The molecule has 2 nitrogen and oxygen atoms in total. The highest BCUT2D eigenvalue weighted by atomic mass is 16.5. The van der Waals surface area contributed by atoms with Crippen molar-refractivity contribution in [3.63, 3.8) is 0 Å². The first-order valence-corrected chi connectivity index (χ1v) is 5.28. The summed E-state index contributed by atoms with van der Waals surface area (Å²) in [6.45, 7) is 2.91. The van der Waals surface area contributed by atoms with Crippen molar-refractivity contribution in [3.8, 4) is 0 Å². The lowest BCUT2D eigenvalue weighted by atomic mass is 9.84. The average Bonchev–Trinajstić information content (AvgIpc) is 2.21. The summed E-state index contributed by atoms with van der Waals surface area (Å²) in [5.41, 5.74) is 0. The van der Waals surface area contributed by atoms with Gasteiger partial charge in [0.2, 0.25) is 0 Å². The second-order valence-electron chi connectivity index (χ2n) is 4.03. The molecule has 0 amide bonds. The molecule has 2 rings (SSSR count). The molecule has 1 saturated heterocycles. The molecule has 0 unspecified atom stereocenters. The van der Waals surface area contributed by atoms with Crippen LogP contribution in [0.2, 0.25) is 0 Å². The zero-order valence-corrected chi connectivity index (χ0v) is 7.72. The monoisotopic (exact) mass is 169 g/mol. The number of rotatable bonds is 1. The smallest absolute Gasteiger partial charge is 0.0622 e. The number of ether oxygens (including phenoxy) is 1. The van der Waals surface area contributed by atoms with Crippen molar-refractivity contribution in [1.82, 2.24) is 5.32 Å². The molecule has 2 aliphatic rings. The van der Waals surface area contributed by atoms with Gasteiger partial charge in [-0.3, -0.25) is 0 Å². The van der Waals surface area contributed by atoms with E-state index in [1.807, 2.05) is 0 Å². The number of morpholine rings is 1. The molecule has 1 N–H and O–H groups in total. The highest BCUT2D eigenvalue weighted by Gasteiger charge is 2.24. The molecule has 1 aliphatic heterocycles. The summed E-state index contributed by atoms with van der Waals surface area (Å²) in [5.74, 6) is 0.902. The predicted molar refractivity (Wildman–Crippen MR) is 49.2 cm³/mol. The maximum atomic E-state index is 5.47. The average molecular weight is 169 g/mol. The van der Waals surface area contributed by atoms with Crippen molar-refractivity contribution >= 4 is 0 Å². The second kappa shape index (κ2) is 4.24. The zero-order chi connectivity index (χ0) is 8.23. The highest BCUT2D eigenvalue weighted by molar-refractivity contribution is 4.80. The van der Waals surface area contributed by atoms with Crippen LogP contribution in [0.5, 0.6) is 0 Å². The first-order chi connectivity index (χ1) is 5.97. The van der Waals surface area contributed by atoms with E-state index in [2.05, 4.69) is 5.32 Å². The maximum Gasteiger partial charge on any atom is 0.0622 e. The lowest BCUT2D eigenvalue weighted by molar-refractivity contribution is 0.0489. The van der Waals surface area contributed by atoms with E-state index in [-0.39, 0.29) is 0 Å². The van der Waals surface area contributed by atoms with E-state index in [1.165, 1.54) is 32.1 Å².